The number of nitrogens with zero attached hydrogens (tertiary/aromatic N) is 1. The molecule has 156 valence electrons. The van der Waals surface area contributed by atoms with Crippen molar-refractivity contribution in [2.24, 2.45) is 5.41 Å². The first kappa shape index (κ1) is 23.1. The lowest BCUT2D eigenvalue weighted by atomic mass is 9.85. The fourth-order valence-electron chi connectivity index (χ4n) is 2.52. The molecule has 0 bridgehead atoms. The van der Waals surface area contributed by atoms with Crippen molar-refractivity contribution >= 4 is 17.7 Å². The van der Waals surface area contributed by atoms with Crippen molar-refractivity contribution in [2.75, 3.05) is 35.4 Å². The third-order valence-electron chi connectivity index (χ3n) is 4.01. The van der Waals surface area contributed by atoms with Crippen LogP contribution in [0.4, 0.5) is 0 Å². The van der Waals surface area contributed by atoms with E-state index in [1.54, 1.807) is 14.1 Å². The number of nitrogens with one attached hydrogen (secondary N) is 2. The Morgan fingerprint density at radius 2 is 1.46 bits per heavy atom. The standard InChI is InChI=1S/C19H29N3O6/c1-19(2,11-16(24)22(3)4)10-15(23)20-21-18(25)12-8-13(26-5)17(28-7)14(9-12)27-6/h8-9H,10-11H2,1-7H3,(H,20,23)(H,21,25). The van der Waals surface area contributed by atoms with Crippen LogP contribution in [-0.4, -0.2) is 58.0 Å². The van der Waals surface area contributed by atoms with E-state index in [4.69, 9.17) is 14.2 Å². The molecule has 0 saturated carbocycles. The highest BCUT2D eigenvalue weighted by molar-refractivity contribution is 5.96. The molecule has 2 N–H and O–H groups in total. The number of ether oxygens (including phenoxy) is 3. The summed E-state index contributed by atoms with van der Waals surface area (Å²) in [5.41, 5.74) is 4.38. The predicted octanol–water partition coefficient (Wildman–Crippen LogP) is 1.37. The Morgan fingerprint density at radius 3 is 1.89 bits per heavy atom. The third kappa shape index (κ3) is 6.33. The lowest BCUT2D eigenvalue weighted by Gasteiger charge is -2.25. The minimum Gasteiger partial charge on any atom is -0.493 e. The maximum atomic E-state index is 12.4. The minimum absolute atomic E-state index is 0.0701. The van der Waals surface area contributed by atoms with Gasteiger partial charge in [0.1, 0.15) is 0 Å². The lowest BCUT2D eigenvalue weighted by Crippen LogP contribution is -2.43. The number of rotatable bonds is 8. The molecule has 0 aliphatic rings. The van der Waals surface area contributed by atoms with Gasteiger partial charge in [0.2, 0.25) is 17.6 Å². The summed E-state index contributed by atoms with van der Waals surface area (Å²) in [6, 6.07) is 2.95. The van der Waals surface area contributed by atoms with Crippen LogP contribution in [0.3, 0.4) is 0 Å². The van der Waals surface area contributed by atoms with Gasteiger partial charge in [-0.05, 0) is 17.5 Å². The zero-order valence-electron chi connectivity index (χ0n) is 17.5. The van der Waals surface area contributed by atoms with Crippen molar-refractivity contribution in [1.29, 1.82) is 0 Å². The van der Waals surface area contributed by atoms with E-state index in [9.17, 15) is 14.4 Å². The van der Waals surface area contributed by atoms with Crippen LogP contribution in [0.2, 0.25) is 0 Å². The van der Waals surface area contributed by atoms with E-state index >= 15 is 0 Å². The number of carbonyl (C=O) groups is 3. The first-order valence-corrected chi connectivity index (χ1v) is 8.64. The zero-order valence-corrected chi connectivity index (χ0v) is 17.5. The predicted molar refractivity (Wildman–Crippen MR) is 103 cm³/mol. The van der Waals surface area contributed by atoms with E-state index in [0.717, 1.165) is 0 Å². The molecule has 0 unspecified atom stereocenters. The largest absolute Gasteiger partial charge is 0.493 e. The molecule has 9 nitrogen and oxygen atoms in total. The van der Waals surface area contributed by atoms with Gasteiger partial charge >= 0.3 is 0 Å². The summed E-state index contributed by atoms with van der Waals surface area (Å²) in [4.78, 5) is 37.9. The Balaban J connectivity index is 2.76. The summed E-state index contributed by atoms with van der Waals surface area (Å²) in [6.07, 6.45) is 0.288. The molecule has 9 heteroatoms. The fourth-order valence-corrected chi connectivity index (χ4v) is 2.52. The number of hydrogen-bond acceptors (Lipinski definition) is 6. The van der Waals surface area contributed by atoms with Crippen LogP contribution in [0.25, 0.3) is 0 Å². The van der Waals surface area contributed by atoms with E-state index in [2.05, 4.69) is 10.9 Å². The quantitative estimate of drug-likeness (QED) is 0.644. The highest BCUT2D eigenvalue weighted by atomic mass is 16.5. The SMILES string of the molecule is COc1cc(C(=O)NNC(=O)CC(C)(C)CC(=O)N(C)C)cc(OC)c1OC. The minimum atomic E-state index is -0.553. The number of hydrazine groups is 1. The second kappa shape index (κ2) is 9.82. The van der Waals surface area contributed by atoms with E-state index in [0.29, 0.717) is 17.2 Å². The van der Waals surface area contributed by atoms with Crippen LogP contribution in [0, 0.1) is 5.41 Å². The van der Waals surface area contributed by atoms with Crippen molar-refractivity contribution in [2.45, 2.75) is 26.7 Å². The van der Waals surface area contributed by atoms with Crippen LogP contribution in [0.15, 0.2) is 12.1 Å². The first-order chi connectivity index (χ1) is 13.0. The maximum Gasteiger partial charge on any atom is 0.269 e. The van der Waals surface area contributed by atoms with E-state index in [1.165, 1.54) is 38.4 Å². The number of methoxy groups -OCH3 is 3. The molecule has 0 saturated heterocycles. The molecular weight excluding hydrogens is 366 g/mol. The van der Waals surface area contributed by atoms with Crippen molar-refractivity contribution in [3.05, 3.63) is 17.7 Å². The Hall–Kier alpha value is -2.97. The van der Waals surface area contributed by atoms with Crippen LogP contribution >= 0.6 is 0 Å². The molecule has 0 aliphatic heterocycles. The van der Waals surface area contributed by atoms with E-state index in [1.807, 2.05) is 13.8 Å². The molecule has 0 heterocycles. The normalized spacial score (nSPS) is 10.7. The van der Waals surface area contributed by atoms with Gasteiger partial charge in [-0.3, -0.25) is 25.2 Å². The molecule has 0 atom stereocenters. The number of amides is 3. The second-order valence-corrected chi connectivity index (χ2v) is 7.22. The summed E-state index contributed by atoms with van der Waals surface area (Å²) in [5, 5.41) is 0. The van der Waals surface area contributed by atoms with Crippen molar-refractivity contribution in [3.63, 3.8) is 0 Å². The summed E-state index contributed by atoms with van der Waals surface area (Å²) in [5.74, 6) is -0.0207. The van der Waals surface area contributed by atoms with Gasteiger partial charge in [0.25, 0.3) is 5.91 Å². The monoisotopic (exact) mass is 395 g/mol. The van der Waals surface area contributed by atoms with Gasteiger partial charge in [0.15, 0.2) is 11.5 Å². The highest BCUT2D eigenvalue weighted by Gasteiger charge is 2.26. The third-order valence-corrected chi connectivity index (χ3v) is 4.01. The molecule has 1 rings (SSSR count). The summed E-state index contributed by atoms with van der Waals surface area (Å²) >= 11 is 0. The first-order valence-electron chi connectivity index (χ1n) is 8.64. The number of carbonyl (C=O) groups excluding carboxylic acids is 3. The summed E-state index contributed by atoms with van der Waals surface area (Å²) < 4.78 is 15.6. The molecular formula is C19H29N3O6. The average Bonchev–Trinajstić information content (AvgIpc) is 2.63. The molecule has 3 amide bonds. The van der Waals surface area contributed by atoms with Gasteiger partial charge in [-0.25, -0.2) is 0 Å². The Kier molecular flexibility index (Phi) is 8.09. The van der Waals surface area contributed by atoms with Crippen LogP contribution in [0.5, 0.6) is 17.2 Å². The topological polar surface area (TPSA) is 106 Å². The van der Waals surface area contributed by atoms with Gasteiger partial charge < -0.3 is 19.1 Å². The lowest BCUT2D eigenvalue weighted by molar-refractivity contribution is -0.131. The van der Waals surface area contributed by atoms with E-state index in [-0.39, 0.29) is 24.3 Å². The van der Waals surface area contributed by atoms with Gasteiger partial charge in [-0.15, -0.1) is 0 Å². The fraction of sp³-hybridized carbons (Fsp3) is 0.526. The smallest absolute Gasteiger partial charge is 0.269 e. The molecule has 0 radical (unpaired) electrons. The van der Waals surface area contributed by atoms with Crippen LogP contribution in [0.1, 0.15) is 37.0 Å². The average molecular weight is 395 g/mol. The molecule has 1 aromatic rings. The van der Waals surface area contributed by atoms with Crippen molar-refractivity contribution < 1.29 is 28.6 Å². The van der Waals surface area contributed by atoms with Gasteiger partial charge in [0, 0.05) is 32.5 Å². The Labute approximate surface area is 165 Å². The van der Waals surface area contributed by atoms with Crippen molar-refractivity contribution in [1.82, 2.24) is 15.8 Å². The molecule has 0 aliphatic carbocycles. The molecule has 0 aromatic heterocycles. The highest BCUT2D eigenvalue weighted by Crippen LogP contribution is 2.38. The molecule has 1 aromatic carbocycles. The number of benzene rings is 1. The van der Waals surface area contributed by atoms with Crippen LogP contribution in [-0.2, 0) is 9.59 Å². The molecule has 28 heavy (non-hydrogen) atoms. The Bertz CT molecular complexity index is 705. The van der Waals surface area contributed by atoms with Crippen molar-refractivity contribution in [3.8, 4) is 17.2 Å². The van der Waals surface area contributed by atoms with E-state index < -0.39 is 17.2 Å². The maximum absolute atomic E-state index is 12.4. The van der Waals surface area contributed by atoms with Crippen LogP contribution < -0.4 is 25.1 Å². The van der Waals surface area contributed by atoms with Gasteiger partial charge in [0.05, 0.1) is 21.3 Å². The zero-order chi connectivity index (χ0) is 21.5. The van der Waals surface area contributed by atoms with Gasteiger partial charge in [-0.1, -0.05) is 13.8 Å². The molecule has 0 fully saturated rings. The summed E-state index contributed by atoms with van der Waals surface area (Å²) in [7, 11) is 7.67. The van der Waals surface area contributed by atoms with Gasteiger partial charge in [-0.2, -0.15) is 0 Å². The Morgan fingerprint density at radius 1 is 0.929 bits per heavy atom. The summed E-state index contributed by atoms with van der Waals surface area (Å²) in [6.45, 7) is 3.63. The molecule has 0 spiro atoms. The number of hydrogen-bond donors (Lipinski definition) is 2. The second-order valence-electron chi connectivity index (χ2n) is 7.22.